The molecule has 1 unspecified atom stereocenters. The monoisotopic (exact) mass is 274 g/mol. The van der Waals surface area contributed by atoms with Gasteiger partial charge in [-0.3, -0.25) is 9.59 Å². The number of methoxy groups -OCH3 is 1. The molecule has 1 aromatic rings. The summed E-state index contributed by atoms with van der Waals surface area (Å²) in [5, 5.41) is 2.81. The number of nitrogens with zero attached hydrogens (tertiary/aromatic N) is 1. The van der Waals surface area contributed by atoms with Gasteiger partial charge in [0.15, 0.2) is 0 Å². The van der Waals surface area contributed by atoms with Crippen molar-refractivity contribution in [2.75, 3.05) is 13.7 Å². The van der Waals surface area contributed by atoms with E-state index in [-0.39, 0.29) is 24.4 Å². The fourth-order valence-corrected chi connectivity index (χ4v) is 2.65. The Hall–Kier alpha value is -2.04. The maximum atomic E-state index is 12.4. The average Bonchev–Trinajstić information content (AvgIpc) is 3.27. The molecule has 1 N–H and O–H groups in total. The normalized spacial score (nSPS) is 22.6. The molecule has 106 valence electrons. The molecule has 1 aliphatic heterocycles. The molecule has 1 atom stereocenters. The number of rotatable bonds is 4. The summed E-state index contributed by atoms with van der Waals surface area (Å²) in [7, 11) is 1.61. The fraction of sp³-hybridized carbons (Fsp3) is 0.467. The molecule has 0 aromatic heterocycles. The second kappa shape index (κ2) is 5.15. The van der Waals surface area contributed by atoms with Crippen LogP contribution in [0.5, 0.6) is 5.75 Å². The largest absolute Gasteiger partial charge is 0.496 e. The van der Waals surface area contributed by atoms with Crippen molar-refractivity contribution >= 4 is 11.8 Å². The Bertz CT molecular complexity index is 540. The third-order valence-corrected chi connectivity index (χ3v) is 3.88. The number of nitrogens with one attached hydrogen (secondary N) is 1. The highest BCUT2D eigenvalue weighted by Crippen LogP contribution is 2.34. The van der Waals surface area contributed by atoms with Gasteiger partial charge in [0.1, 0.15) is 11.8 Å². The van der Waals surface area contributed by atoms with Crippen molar-refractivity contribution in [2.24, 2.45) is 5.92 Å². The van der Waals surface area contributed by atoms with E-state index >= 15 is 0 Å². The van der Waals surface area contributed by atoms with Crippen LogP contribution in [0.25, 0.3) is 0 Å². The lowest BCUT2D eigenvalue weighted by atomic mass is 10.1. The van der Waals surface area contributed by atoms with Crippen molar-refractivity contribution in [2.45, 2.75) is 25.4 Å². The lowest BCUT2D eigenvalue weighted by molar-refractivity contribution is -0.145. The SMILES string of the molecule is COc1ccccc1CN1CC(=O)NC(C2CC2)C1=O. The van der Waals surface area contributed by atoms with Gasteiger partial charge in [0.05, 0.1) is 13.7 Å². The number of ether oxygens (including phenoxy) is 1. The van der Waals surface area contributed by atoms with E-state index in [2.05, 4.69) is 5.32 Å². The Kier molecular flexibility index (Phi) is 3.34. The third kappa shape index (κ3) is 2.48. The Balaban J connectivity index is 1.78. The number of carbonyl (C=O) groups is 2. The van der Waals surface area contributed by atoms with Gasteiger partial charge in [-0.1, -0.05) is 18.2 Å². The molecule has 3 rings (SSSR count). The Morgan fingerprint density at radius 1 is 1.30 bits per heavy atom. The average molecular weight is 274 g/mol. The van der Waals surface area contributed by atoms with Gasteiger partial charge in [0.25, 0.3) is 0 Å². The zero-order valence-corrected chi connectivity index (χ0v) is 11.5. The molecule has 5 heteroatoms. The summed E-state index contributed by atoms with van der Waals surface area (Å²) in [5.41, 5.74) is 0.924. The standard InChI is InChI=1S/C15H18N2O3/c1-20-12-5-3-2-4-11(12)8-17-9-13(18)16-14(15(17)19)10-6-7-10/h2-5,10,14H,6-9H2,1H3,(H,16,18). The van der Waals surface area contributed by atoms with E-state index in [9.17, 15) is 9.59 Å². The molecule has 1 heterocycles. The Labute approximate surface area is 117 Å². The summed E-state index contributed by atoms with van der Waals surface area (Å²) in [6.45, 7) is 0.541. The van der Waals surface area contributed by atoms with Crippen LogP contribution in [-0.4, -0.2) is 36.4 Å². The number of benzene rings is 1. The van der Waals surface area contributed by atoms with E-state index in [0.29, 0.717) is 12.5 Å². The fourth-order valence-electron chi connectivity index (χ4n) is 2.65. The van der Waals surface area contributed by atoms with Crippen molar-refractivity contribution in [3.63, 3.8) is 0 Å². The molecule has 0 radical (unpaired) electrons. The second-order valence-electron chi connectivity index (χ2n) is 5.39. The molecule has 20 heavy (non-hydrogen) atoms. The van der Waals surface area contributed by atoms with Crippen molar-refractivity contribution in [1.29, 1.82) is 0 Å². The minimum absolute atomic E-state index is 0.0259. The maximum absolute atomic E-state index is 12.4. The van der Waals surface area contributed by atoms with Crippen LogP contribution in [0.2, 0.25) is 0 Å². The second-order valence-corrected chi connectivity index (χ2v) is 5.39. The highest BCUT2D eigenvalue weighted by atomic mass is 16.5. The van der Waals surface area contributed by atoms with Crippen molar-refractivity contribution in [1.82, 2.24) is 10.2 Å². The number of hydrogen-bond acceptors (Lipinski definition) is 3. The van der Waals surface area contributed by atoms with Gasteiger partial charge >= 0.3 is 0 Å². The van der Waals surface area contributed by atoms with Gasteiger partial charge in [0.2, 0.25) is 11.8 Å². The molecule has 2 aliphatic rings. The summed E-state index contributed by atoms with van der Waals surface area (Å²) in [6, 6.07) is 7.25. The van der Waals surface area contributed by atoms with Crippen LogP contribution < -0.4 is 10.1 Å². The molecule has 0 spiro atoms. The van der Waals surface area contributed by atoms with Gasteiger partial charge in [-0.15, -0.1) is 0 Å². The number of hydrogen-bond donors (Lipinski definition) is 1. The van der Waals surface area contributed by atoms with E-state index in [1.165, 1.54) is 0 Å². The minimum atomic E-state index is -0.328. The van der Waals surface area contributed by atoms with Crippen molar-refractivity contribution in [3.05, 3.63) is 29.8 Å². The van der Waals surface area contributed by atoms with Crippen molar-refractivity contribution < 1.29 is 14.3 Å². The summed E-state index contributed by atoms with van der Waals surface area (Å²) in [6.07, 6.45) is 2.05. The van der Waals surface area contributed by atoms with E-state index in [1.54, 1.807) is 12.0 Å². The van der Waals surface area contributed by atoms with E-state index < -0.39 is 0 Å². The van der Waals surface area contributed by atoms with Gasteiger partial charge < -0.3 is 15.0 Å². The number of para-hydroxylation sites is 1. The number of piperazine rings is 1. The lowest BCUT2D eigenvalue weighted by Crippen LogP contribution is -2.58. The molecule has 1 saturated heterocycles. The topological polar surface area (TPSA) is 58.6 Å². The maximum Gasteiger partial charge on any atom is 0.246 e. The van der Waals surface area contributed by atoms with Gasteiger partial charge in [-0.2, -0.15) is 0 Å². The first kappa shape index (κ1) is 13.0. The first-order valence-corrected chi connectivity index (χ1v) is 6.89. The summed E-state index contributed by atoms with van der Waals surface area (Å²) in [4.78, 5) is 25.8. The van der Waals surface area contributed by atoms with Gasteiger partial charge in [-0.25, -0.2) is 0 Å². The molecule has 5 nitrogen and oxygen atoms in total. The van der Waals surface area contributed by atoms with Crippen LogP contribution in [-0.2, 0) is 16.1 Å². The smallest absolute Gasteiger partial charge is 0.246 e. The van der Waals surface area contributed by atoms with Crippen LogP contribution in [0, 0.1) is 5.92 Å². The van der Waals surface area contributed by atoms with Crippen LogP contribution >= 0.6 is 0 Å². The molecular formula is C15H18N2O3. The highest BCUT2D eigenvalue weighted by molar-refractivity contribution is 5.95. The molecule has 2 amide bonds. The Morgan fingerprint density at radius 3 is 2.75 bits per heavy atom. The summed E-state index contributed by atoms with van der Waals surface area (Å²) < 4.78 is 5.30. The van der Waals surface area contributed by atoms with Gasteiger partial charge in [0, 0.05) is 12.1 Å². The third-order valence-electron chi connectivity index (χ3n) is 3.88. The first-order valence-electron chi connectivity index (χ1n) is 6.89. The molecule has 0 bridgehead atoms. The van der Waals surface area contributed by atoms with E-state index in [0.717, 1.165) is 24.2 Å². The summed E-state index contributed by atoms with van der Waals surface area (Å²) in [5.74, 6) is 1.02. The molecular weight excluding hydrogens is 256 g/mol. The highest BCUT2D eigenvalue weighted by Gasteiger charge is 2.42. The van der Waals surface area contributed by atoms with Gasteiger partial charge in [-0.05, 0) is 24.8 Å². The number of carbonyl (C=O) groups excluding carboxylic acids is 2. The predicted octanol–water partition coefficient (Wildman–Crippen LogP) is 0.932. The van der Waals surface area contributed by atoms with Crippen molar-refractivity contribution in [3.8, 4) is 5.75 Å². The molecule has 1 saturated carbocycles. The predicted molar refractivity (Wildman–Crippen MR) is 73.1 cm³/mol. The lowest BCUT2D eigenvalue weighted by Gasteiger charge is -2.33. The molecule has 1 aromatic carbocycles. The van der Waals surface area contributed by atoms with E-state index in [4.69, 9.17) is 4.74 Å². The van der Waals surface area contributed by atoms with Crippen LogP contribution in [0.3, 0.4) is 0 Å². The number of amides is 2. The van der Waals surface area contributed by atoms with E-state index in [1.807, 2.05) is 24.3 Å². The first-order chi connectivity index (χ1) is 9.69. The summed E-state index contributed by atoms with van der Waals surface area (Å²) >= 11 is 0. The Morgan fingerprint density at radius 2 is 2.05 bits per heavy atom. The zero-order valence-electron chi connectivity index (χ0n) is 11.5. The van der Waals surface area contributed by atoms with Crippen LogP contribution in [0.15, 0.2) is 24.3 Å². The van der Waals surface area contributed by atoms with Crippen LogP contribution in [0.1, 0.15) is 18.4 Å². The molecule has 2 fully saturated rings. The zero-order chi connectivity index (χ0) is 14.1. The minimum Gasteiger partial charge on any atom is -0.496 e. The quantitative estimate of drug-likeness (QED) is 0.888. The molecule has 1 aliphatic carbocycles. The van der Waals surface area contributed by atoms with Crippen LogP contribution in [0.4, 0.5) is 0 Å².